The van der Waals surface area contributed by atoms with Crippen LogP contribution in [0.25, 0.3) is 0 Å². The smallest absolute Gasteiger partial charge is 0.325 e. The van der Waals surface area contributed by atoms with E-state index in [1.54, 1.807) is 0 Å². The van der Waals surface area contributed by atoms with Gasteiger partial charge in [-0.15, -0.1) is 0 Å². The minimum absolute atomic E-state index is 0.521. The Kier molecular flexibility index (Phi) is 2.25. The number of hydrogen-bond donors (Lipinski definition) is 2. The van der Waals surface area contributed by atoms with Crippen molar-refractivity contribution in [1.29, 1.82) is 0 Å². The third kappa shape index (κ3) is 1.55. The van der Waals surface area contributed by atoms with E-state index in [0.29, 0.717) is 6.54 Å². The quantitative estimate of drug-likeness (QED) is 0.771. The Bertz CT molecular complexity index is 365. The molecule has 0 aromatic heterocycles. The number of halogens is 1. The average molecular weight is 289 g/mol. The monoisotopic (exact) mass is 289 g/mol. The fourth-order valence-corrected chi connectivity index (χ4v) is 2.11. The Balaban J connectivity index is 2.44. The highest BCUT2D eigenvalue weighted by molar-refractivity contribution is 14.1. The minimum atomic E-state index is -0.806. The second-order valence-electron chi connectivity index (χ2n) is 3.00. The molecule has 0 aliphatic carbocycles. The van der Waals surface area contributed by atoms with Crippen molar-refractivity contribution in [3.8, 4) is 0 Å². The summed E-state index contributed by atoms with van der Waals surface area (Å²) >= 11 is 2.22. The molecule has 1 aliphatic rings. The zero-order valence-corrected chi connectivity index (χ0v) is 8.91. The number of aliphatic carboxylic acids is 1. The molecule has 0 saturated carbocycles. The van der Waals surface area contributed by atoms with Crippen LogP contribution in [0.1, 0.15) is 17.2 Å². The Hall–Kier alpha value is -0.620. The standard InChI is InChI=1S/C9H8INO2/c10-6-1-2-7-5(3-6)4-11-8(7)9(12)13/h1-3,8,11H,4H2,(H,12,13). The van der Waals surface area contributed by atoms with Gasteiger partial charge >= 0.3 is 5.97 Å². The van der Waals surface area contributed by atoms with Crippen molar-refractivity contribution in [1.82, 2.24) is 5.32 Å². The first kappa shape index (κ1) is 8.96. The van der Waals surface area contributed by atoms with Crippen LogP contribution in [0.5, 0.6) is 0 Å². The molecule has 1 aromatic rings. The van der Waals surface area contributed by atoms with Gasteiger partial charge in [-0.25, -0.2) is 0 Å². The Labute approximate surface area is 89.3 Å². The topological polar surface area (TPSA) is 49.3 Å². The Morgan fingerprint density at radius 1 is 1.62 bits per heavy atom. The van der Waals surface area contributed by atoms with Crippen LogP contribution >= 0.6 is 22.6 Å². The number of carboxylic acid groups (broad SMARTS) is 1. The van der Waals surface area contributed by atoms with Crippen molar-refractivity contribution >= 4 is 28.6 Å². The van der Waals surface area contributed by atoms with Crippen molar-refractivity contribution in [3.05, 3.63) is 32.9 Å². The lowest BCUT2D eigenvalue weighted by molar-refractivity contribution is -0.139. The maximum absolute atomic E-state index is 10.8. The summed E-state index contributed by atoms with van der Waals surface area (Å²) in [7, 11) is 0. The maximum Gasteiger partial charge on any atom is 0.325 e. The van der Waals surface area contributed by atoms with Gasteiger partial charge in [-0.05, 0) is 45.9 Å². The summed E-state index contributed by atoms with van der Waals surface area (Å²) in [4.78, 5) is 10.8. The lowest BCUT2D eigenvalue weighted by atomic mass is 10.1. The van der Waals surface area contributed by atoms with Gasteiger partial charge in [-0.1, -0.05) is 6.07 Å². The van der Waals surface area contributed by atoms with Gasteiger partial charge in [0.05, 0.1) is 0 Å². The number of fused-ring (bicyclic) bond motifs is 1. The first-order valence-corrected chi connectivity index (χ1v) is 5.01. The van der Waals surface area contributed by atoms with Gasteiger partial charge in [-0.3, -0.25) is 10.1 Å². The zero-order chi connectivity index (χ0) is 9.42. The molecule has 0 spiro atoms. The fraction of sp³-hybridized carbons (Fsp3) is 0.222. The van der Waals surface area contributed by atoms with E-state index in [-0.39, 0.29) is 0 Å². The molecule has 1 atom stereocenters. The molecule has 0 amide bonds. The van der Waals surface area contributed by atoms with Crippen LogP contribution in [-0.2, 0) is 11.3 Å². The summed E-state index contributed by atoms with van der Waals surface area (Å²) in [6.45, 7) is 0.656. The van der Waals surface area contributed by atoms with E-state index in [1.165, 1.54) is 0 Å². The number of nitrogens with one attached hydrogen (secondary N) is 1. The number of benzene rings is 1. The van der Waals surface area contributed by atoms with E-state index in [0.717, 1.165) is 14.7 Å². The molecule has 0 bridgehead atoms. The lowest BCUT2D eigenvalue weighted by Crippen LogP contribution is -2.21. The van der Waals surface area contributed by atoms with Crippen molar-refractivity contribution in [2.45, 2.75) is 12.6 Å². The van der Waals surface area contributed by atoms with Crippen LogP contribution in [0.15, 0.2) is 18.2 Å². The molecule has 4 heteroatoms. The molecule has 0 fully saturated rings. The molecule has 0 radical (unpaired) electrons. The summed E-state index contributed by atoms with van der Waals surface area (Å²) in [5.41, 5.74) is 1.99. The van der Waals surface area contributed by atoms with Crippen molar-refractivity contribution in [2.24, 2.45) is 0 Å². The van der Waals surface area contributed by atoms with Gasteiger partial charge in [0, 0.05) is 10.1 Å². The second kappa shape index (κ2) is 3.26. The van der Waals surface area contributed by atoms with Gasteiger partial charge in [0.2, 0.25) is 0 Å². The summed E-state index contributed by atoms with van der Waals surface area (Å²) in [5, 5.41) is 11.8. The predicted molar refractivity (Wildman–Crippen MR) is 56.4 cm³/mol. The predicted octanol–water partition coefficient (Wildman–Crippen LogP) is 1.52. The molecule has 0 saturated heterocycles. The Morgan fingerprint density at radius 3 is 3.08 bits per heavy atom. The van der Waals surface area contributed by atoms with E-state index in [9.17, 15) is 4.79 Å². The van der Waals surface area contributed by atoms with E-state index in [2.05, 4.69) is 27.9 Å². The fourth-order valence-electron chi connectivity index (χ4n) is 1.55. The molecule has 2 rings (SSSR count). The first-order valence-electron chi connectivity index (χ1n) is 3.93. The van der Waals surface area contributed by atoms with Crippen LogP contribution in [-0.4, -0.2) is 11.1 Å². The highest BCUT2D eigenvalue weighted by Gasteiger charge is 2.27. The third-order valence-electron chi connectivity index (χ3n) is 2.16. The highest BCUT2D eigenvalue weighted by Crippen LogP contribution is 2.26. The summed E-state index contributed by atoms with van der Waals surface area (Å²) < 4.78 is 1.14. The van der Waals surface area contributed by atoms with Gasteiger partial charge < -0.3 is 5.11 Å². The van der Waals surface area contributed by atoms with E-state index < -0.39 is 12.0 Å². The number of hydrogen-bond acceptors (Lipinski definition) is 2. The van der Waals surface area contributed by atoms with E-state index in [1.807, 2.05) is 18.2 Å². The molecular formula is C9H8INO2. The van der Waals surface area contributed by atoms with Crippen LogP contribution < -0.4 is 5.32 Å². The summed E-state index contributed by atoms with van der Waals surface area (Å²) in [6.07, 6.45) is 0. The molecule has 1 aliphatic heterocycles. The average Bonchev–Trinajstić information content (AvgIpc) is 2.46. The molecule has 68 valence electrons. The van der Waals surface area contributed by atoms with E-state index >= 15 is 0 Å². The summed E-state index contributed by atoms with van der Waals surface area (Å²) in [6, 6.07) is 5.32. The molecular weight excluding hydrogens is 281 g/mol. The van der Waals surface area contributed by atoms with E-state index in [4.69, 9.17) is 5.11 Å². The van der Waals surface area contributed by atoms with Crippen LogP contribution in [0.3, 0.4) is 0 Å². The molecule has 1 aromatic carbocycles. The molecule has 1 unspecified atom stereocenters. The normalized spacial score (nSPS) is 19.9. The number of carbonyl (C=O) groups is 1. The van der Waals surface area contributed by atoms with Crippen molar-refractivity contribution in [3.63, 3.8) is 0 Å². The first-order chi connectivity index (χ1) is 6.18. The maximum atomic E-state index is 10.8. The third-order valence-corrected chi connectivity index (χ3v) is 2.83. The van der Waals surface area contributed by atoms with Crippen LogP contribution in [0, 0.1) is 3.57 Å². The van der Waals surface area contributed by atoms with Gasteiger partial charge in [0.15, 0.2) is 0 Å². The zero-order valence-electron chi connectivity index (χ0n) is 6.75. The van der Waals surface area contributed by atoms with Crippen molar-refractivity contribution < 1.29 is 9.90 Å². The number of carboxylic acids is 1. The summed E-state index contributed by atoms with van der Waals surface area (Å²) in [5.74, 6) is -0.806. The van der Waals surface area contributed by atoms with Crippen molar-refractivity contribution in [2.75, 3.05) is 0 Å². The molecule has 13 heavy (non-hydrogen) atoms. The number of rotatable bonds is 1. The van der Waals surface area contributed by atoms with Crippen LogP contribution in [0.2, 0.25) is 0 Å². The lowest BCUT2D eigenvalue weighted by Gasteiger charge is -2.05. The minimum Gasteiger partial charge on any atom is -0.480 e. The second-order valence-corrected chi connectivity index (χ2v) is 4.24. The van der Waals surface area contributed by atoms with Gasteiger partial charge in [-0.2, -0.15) is 0 Å². The highest BCUT2D eigenvalue weighted by atomic mass is 127. The largest absolute Gasteiger partial charge is 0.480 e. The molecule has 1 heterocycles. The SMILES string of the molecule is O=C(O)C1NCc2cc(I)ccc21. The molecule has 2 N–H and O–H groups in total. The Morgan fingerprint density at radius 2 is 2.38 bits per heavy atom. The van der Waals surface area contributed by atoms with Crippen LogP contribution in [0.4, 0.5) is 0 Å². The molecule has 3 nitrogen and oxygen atoms in total. The van der Waals surface area contributed by atoms with Gasteiger partial charge in [0.25, 0.3) is 0 Å². The van der Waals surface area contributed by atoms with Gasteiger partial charge in [0.1, 0.15) is 6.04 Å².